The zero-order valence-electron chi connectivity index (χ0n) is 29.4. The number of para-hydroxylation sites is 4. The molecule has 0 unspecified atom stereocenters. The van der Waals surface area contributed by atoms with Crippen LogP contribution in [0, 0.1) is 0 Å². The van der Waals surface area contributed by atoms with Crippen LogP contribution in [0.4, 0.5) is 0 Å². The lowest BCUT2D eigenvalue weighted by Gasteiger charge is -2.15. The highest BCUT2D eigenvalue weighted by Gasteiger charge is 2.15. The van der Waals surface area contributed by atoms with Crippen LogP contribution in [0.5, 0.6) is 0 Å². The van der Waals surface area contributed by atoms with Gasteiger partial charge in [-0.2, -0.15) is 0 Å². The quantitative estimate of drug-likeness (QED) is 0.163. The van der Waals surface area contributed by atoms with Gasteiger partial charge in [0, 0.05) is 32.9 Å². The first-order valence-corrected chi connectivity index (χ1v) is 18.7. The van der Waals surface area contributed by atoms with Crippen LogP contribution in [0.2, 0.25) is 0 Å². The summed E-state index contributed by atoms with van der Waals surface area (Å²) in [5.74, 6) is 0. The molecular formula is C52H32N2. The smallest absolute Gasteiger partial charge is 0.0541 e. The molecule has 10 aromatic carbocycles. The number of aromatic nitrogens is 2. The fourth-order valence-electron chi connectivity index (χ4n) is 9.18. The third-order valence-electron chi connectivity index (χ3n) is 11.6. The summed E-state index contributed by atoms with van der Waals surface area (Å²) in [4.78, 5) is 0. The molecule has 0 bridgehead atoms. The van der Waals surface area contributed by atoms with Crippen LogP contribution in [0.1, 0.15) is 0 Å². The van der Waals surface area contributed by atoms with Crippen molar-refractivity contribution in [3.05, 3.63) is 194 Å². The summed E-state index contributed by atoms with van der Waals surface area (Å²) in [7, 11) is 0. The second kappa shape index (κ2) is 11.2. The fourth-order valence-corrected chi connectivity index (χ4v) is 9.18. The lowest BCUT2D eigenvalue weighted by atomic mass is 9.89. The zero-order chi connectivity index (χ0) is 35.3. The number of rotatable bonds is 4. The van der Waals surface area contributed by atoms with E-state index in [1.165, 1.54) is 110 Å². The molecule has 54 heavy (non-hydrogen) atoms. The van der Waals surface area contributed by atoms with Gasteiger partial charge in [-0.15, -0.1) is 0 Å². The Morgan fingerprint density at radius 3 is 0.815 bits per heavy atom. The predicted octanol–water partition coefficient (Wildman–Crippen LogP) is 14.1. The van der Waals surface area contributed by atoms with E-state index in [2.05, 4.69) is 203 Å². The maximum Gasteiger partial charge on any atom is 0.0541 e. The van der Waals surface area contributed by atoms with Crippen molar-refractivity contribution in [2.75, 3.05) is 0 Å². The van der Waals surface area contributed by atoms with Crippen molar-refractivity contribution in [3.63, 3.8) is 0 Å². The van der Waals surface area contributed by atoms with Gasteiger partial charge in [-0.1, -0.05) is 121 Å². The molecule has 0 aliphatic carbocycles. The molecule has 0 atom stereocenters. The molecule has 250 valence electrons. The molecule has 2 nitrogen and oxygen atoms in total. The molecule has 0 aliphatic heterocycles. The van der Waals surface area contributed by atoms with Gasteiger partial charge in [0.25, 0.3) is 0 Å². The van der Waals surface area contributed by atoms with Crippen LogP contribution < -0.4 is 0 Å². The first-order valence-electron chi connectivity index (χ1n) is 18.7. The Kier molecular flexibility index (Phi) is 6.09. The molecule has 0 radical (unpaired) electrons. The molecule has 0 saturated heterocycles. The van der Waals surface area contributed by atoms with E-state index in [0.29, 0.717) is 0 Å². The van der Waals surface area contributed by atoms with Gasteiger partial charge < -0.3 is 9.13 Å². The highest BCUT2D eigenvalue weighted by atomic mass is 15.0. The van der Waals surface area contributed by atoms with Gasteiger partial charge >= 0.3 is 0 Å². The Labute approximate surface area is 311 Å². The van der Waals surface area contributed by atoms with Crippen molar-refractivity contribution in [1.82, 2.24) is 9.13 Å². The Balaban J connectivity index is 0.913. The molecule has 0 saturated carbocycles. The first kappa shape index (κ1) is 29.4. The minimum Gasteiger partial charge on any atom is -0.309 e. The van der Waals surface area contributed by atoms with Crippen molar-refractivity contribution in [2.24, 2.45) is 0 Å². The number of hydrogen-bond donors (Lipinski definition) is 0. The van der Waals surface area contributed by atoms with Crippen molar-refractivity contribution in [2.45, 2.75) is 0 Å². The minimum absolute atomic E-state index is 1.17. The van der Waals surface area contributed by atoms with Gasteiger partial charge in [0.2, 0.25) is 0 Å². The van der Waals surface area contributed by atoms with Gasteiger partial charge in [-0.05, 0) is 127 Å². The molecule has 0 N–H and O–H groups in total. The Morgan fingerprint density at radius 1 is 0.241 bits per heavy atom. The van der Waals surface area contributed by atoms with E-state index in [0.717, 1.165) is 0 Å². The molecule has 0 fully saturated rings. The summed E-state index contributed by atoms with van der Waals surface area (Å²) in [6.07, 6.45) is 0. The van der Waals surface area contributed by atoms with E-state index in [-0.39, 0.29) is 0 Å². The maximum absolute atomic E-state index is 2.38. The van der Waals surface area contributed by atoms with Crippen LogP contribution in [-0.4, -0.2) is 9.13 Å². The van der Waals surface area contributed by atoms with Crippen molar-refractivity contribution < 1.29 is 0 Å². The van der Waals surface area contributed by atoms with Gasteiger partial charge in [-0.3, -0.25) is 0 Å². The molecule has 0 aliphatic rings. The molecule has 0 amide bonds. The highest BCUT2D eigenvalue weighted by Crippen LogP contribution is 2.41. The Hall–Kier alpha value is -7.16. The molecule has 0 spiro atoms. The number of nitrogens with zero attached hydrogens (tertiary/aromatic N) is 2. The average Bonchev–Trinajstić information content (AvgIpc) is 3.76. The van der Waals surface area contributed by atoms with E-state index in [1.54, 1.807) is 0 Å². The normalized spacial score (nSPS) is 12.1. The summed E-state index contributed by atoms with van der Waals surface area (Å²) in [5.41, 5.74) is 12.2. The molecule has 2 heteroatoms. The highest BCUT2D eigenvalue weighted by molar-refractivity contribution is 6.24. The predicted molar refractivity (Wildman–Crippen MR) is 230 cm³/mol. The second-order valence-electron chi connectivity index (χ2n) is 14.6. The van der Waals surface area contributed by atoms with E-state index < -0.39 is 0 Å². The van der Waals surface area contributed by atoms with Gasteiger partial charge in [-0.25, -0.2) is 0 Å². The largest absolute Gasteiger partial charge is 0.309 e. The van der Waals surface area contributed by atoms with Gasteiger partial charge in [0.05, 0.1) is 22.1 Å². The standard InChI is InChI=1S/C52H32N2/c1-5-13-47-43(9-1)44-10-2-6-14-48(44)53(47)41-25-21-33(22-26-41)39-29-35-17-19-37-31-40(32-38-20-18-36(30-39)51(35)52(37)38)34-23-27-42(28-24-34)54-49-15-7-3-11-45(49)46-12-4-8-16-50(46)54/h1-32H. The lowest BCUT2D eigenvalue weighted by Crippen LogP contribution is -1.94. The average molecular weight is 685 g/mol. The SMILES string of the molecule is c1ccc2c(c1)c1ccccc1n2-c1ccc(-c2cc3ccc4cc(-c5ccc(-n6c7ccccc7c7ccccc76)cc5)cc5ccc(c2)c3c45)cc1. The van der Waals surface area contributed by atoms with Crippen LogP contribution >= 0.6 is 0 Å². The van der Waals surface area contributed by atoms with Crippen LogP contribution in [0.25, 0.3) is 110 Å². The monoisotopic (exact) mass is 684 g/mol. The molecule has 2 aromatic heterocycles. The minimum atomic E-state index is 1.17. The van der Waals surface area contributed by atoms with Crippen LogP contribution in [0.3, 0.4) is 0 Å². The van der Waals surface area contributed by atoms with Gasteiger partial charge in [0.1, 0.15) is 0 Å². The number of fused-ring (bicyclic) bond motifs is 6. The summed E-state index contributed by atoms with van der Waals surface area (Å²) in [6.45, 7) is 0. The number of benzene rings is 10. The summed E-state index contributed by atoms with van der Waals surface area (Å²) in [6, 6.07) is 71.5. The topological polar surface area (TPSA) is 9.86 Å². The molecular weight excluding hydrogens is 653 g/mol. The molecule has 2 heterocycles. The van der Waals surface area contributed by atoms with E-state index in [1.807, 2.05) is 0 Å². The van der Waals surface area contributed by atoms with E-state index >= 15 is 0 Å². The first-order chi connectivity index (χ1) is 26.8. The zero-order valence-corrected chi connectivity index (χ0v) is 29.4. The molecule has 12 rings (SSSR count). The fraction of sp³-hybridized carbons (Fsp3) is 0. The second-order valence-corrected chi connectivity index (χ2v) is 14.6. The van der Waals surface area contributed by atoms with Crippen molar-refractivity contribution >= 4 is 75.9 Å². The van der Waals surface area contributed by atoms with Crippen LogP contribution in [-0.2, 0) is 0 Å². The third-order valence-corrected chi connectivity index (χ3v) is 11.6. The maximum atomic E-state index is 2.38. The van der Waals surface area contributed by atoms with Gasteiger partial charge in [0.15, 0.2) is 0 Å². The lowest BCUT2D eigenvalue weighted by molar-refractivity contribution is 1.18. The van der Waals surface area contributed by atoms with E-state index in [9.17, 15) is 0 Å². The van der Waals surface area contributed by atoms with Crippen molar-refractivity contribution in [3.8, 4) is 33.6 Å². The summed E-state index contributed by atoms with van der Waals surface area (Å²) >= 11 is 0. The number of hydrogen-bond acceptors (Lipinski definition) is 0. The Bertz CT molecular complexity index is 3010. The van der Waals surface area contributed by atoms with Crippen LogP contribution in [0.15, 0.2) is 194 Å². The molecule has 12 aromatic rings. The van der Waals surface area contributed by atoms with E-state index in [4.69, 9.17) is 0 Å². The summed E-state index contributed by atoms with van der Waals surface area (Å²) in [5, 5.41) is 12.9. The Morgan fingerprint density at radius 2 is 0.519 bits per heavy atom. The van der Waals surface area contributed by atoms with Crippen molar-refractivity contribution in [1.29, 1.82) is 0 Å². The summed E-state index contributed by atoms with van der Waals surface area (Å²) < 4.78 is 4.76. The third kappa shape index (κ3) is 4.22.